The summed E-state index contributed by atoms with van der Waals surface area (Å²) < 4.78 is 5.24. The minimum absolute atomic E-state index is 0.229. The number of rotatable bonds is 5. The van der Waals surface area contributed by atoms with E-state index >= 15 is 0 Å². The van der Waals surface area contributed by atoms with Gasteiger partial charge < -0.3 is 15.8 Å². The number of methoxy groups -OCH3 is 1. The summed E-state index contributed by atoms with van der Waals surface area (Å²) in [6, 6.07) is 8.65. The topological polar surface area (TPSA) is 89.2 Å². The van der Waals surface area contributed by atoms with Crippen LogP contribution in [-0.2, 0) is 6.54 Å². The Morgan fingerprint density at radius 2 is 1.96 bits per heavy atom. The van der Waals surface area contributed by atoms with Crippen LogP contribution >= 0.6 is 0 Å². The maximum Gasteiger partial charge on any atom is 0.232 e. The van der Waals surface area contributed by atoms with Crippen molar-refractivity contribution in [1.29, 1.82) is 0 Å². The smallest absolute Gasteiger partial charge is 0.232 e. The number of likely N-dealkylation sites (tertiary alicyclic amines) is 1. The first-order valence-corrected chi connectivity index (χ1v) is 8.72. The first kappa shape index (κ1) is 17.4. The van der Waals surface area contributed by atoms with E-state index in [-0.39, 0.29) is 5.95 Å². The highest BCUT2D eigenvalue weighted by molar-refractivity contribution is 5.56. The summed E-state index contributed by atoms with van der Waals surface area (Å²) in [4.78, 5) is 15.5. The molecular weight excluding hydrogens is 316 g/mol. The Morgan fingerprint density at radius 1 is 1.20 bits per heavy atom. The number of anilines is 3. The van der Waals surface area contributed by atoms with Crippen molar-refractivity contribution in [1.82, 2.24) is 19.9 Å². The van der Waals surface area contributed by atoms with Crippen molar-refractivity contribution >= 4 is 17.6 Å². The molecule has 0 radical (unpaired) electrons. The Hall–Kier alpha value is -2.41. The van der Waals surface area contributed by atoms with Crippen LogP contribution in [0.25, 0.3) is 0 Å². The normalized spacial score (nSPS) is 21.1. The van der Waals surface area contributed by atoms with Crippen molar-refractivity contribution in [3.05, 3.63) is 30.1 Å². The molecule has 0 unspecified atom stereocenters. The maximum absolute atomic E-state index is 5.90. The number of ether oxygens (including phenoxy) is 1. The molecule has 3 rings (SSSR count). The van der Waals surface area contributed by atoms with Crippen molar-refractivity contribution in [2.45, 2.75) is 51.7 Å². The van der Waals surface area contributed by atoms with Crippen molar-refractivity contribution in [2.75, 3.05) is 18.2 Å². The van der Waals surface area contributed by atoms with Gasteiger partial charge in [0.1, 0.15) is 11.6 Å². The van der Waals surface area contributed by atoms with Gasteiger partial charge >= 0.3 is 0 Å². The van der Waals surface area contributed by atoms with Gasteiger partial charge in [-0.25, -0.2) is 0 Å². The standard InChI is InChI=1S/C18H26N6O/c1-12-6-4-7-13(2)24(12)11-16-21-17(19)23-18(22-16)20-14-8-5-9-15(10-14)25-3/h5,8-10,12-13H,4,6-7,11H2,1-3H3,(H3,19,20,21,22,23)/t12-,13+. The van der Waals surface area contributed by atoms with Crippen LogP contribution in [0.15, 0.2) is 24.3 Å². The summed E-state index contributed by atoms with van der Waals surface area (Å²) >= 11 is 0. The molecule has 0 saturated carbocycles. The molecule has 134 valence electrons. The summed E-state index contributed by atoms with van der Waals surface area (Å²) in [7, 11) is 1.64. The molecule has 7 nitrogen and oxygen atoms in total. The van der Waals surface area contributed by atoms with E-state index in [0.29, 0.717) is 30.4 Å². The highest BCUT2D eigenvalue weighted by Gasteiger charge is 2.25. The van der Waals surface area contributed by atoms with Crippen LogP contribution in [0.3, 0.4) is 0 Å². The van der Waals surface area contributed by atoms with E-state index in [2.05, 4.69) is 39.0 Å². The third-order valence-electron chi connectivity index (χ3n) is 4.72. The third kappa shape index (κ3) is 4.36. The van der Waals surface area contributed by atoms with Gasteiger partial charge in [-0.1, -0.05) is 12.5 Å². The molecule has 25 heavy (non-hydrogen) atoms. The van der Waals surface area contributed by atoms with Gasteiger partial charge in [0.15, 0.2) is 0 Å². The van der Waals surface area contributed by atoms with Gasteiger partial charge in [-0.3, -0.25) is 4.90 Å². The van der Waals surface area contributed by atoms with E-state index in [1.807, 2.05) is 24.3 Å². The quantitative estimate of drug-likeness (QED) is 0.863. The van der Waals surface area contributed by atoms with E-state index in [0.717, 1.165) is 11.4 Å². The zero-order valence-corrected chi connectivity index (χ0v) is 15.1. The van der Waals surface area contributed by atoms with Crippen LogP contribution in [0.2, 0.25) is 0 Å². The van der Waals surface area contributed by atoms with Gasteiger partial charge in [0.2, 0.25) is 11.9 Å². The number of nitrogens with one attached hydrogen (secondary N) is 1. The molecule has 0 spiro atoms. The summed E-state index contributed by atoms with van der Waals surface area (Å²) in [6.45, 7) is 5.20. The lowest BCUT2D eigenvalue weighted by atomic mass is 9.97. The van der Waals surface area contributed by atoms with E-state index in [1.54, 1.807) is 7.11 Å². The Labute approximate surface area is 148 Å². The lowest BCUT2D eigenvalue weighted by Crippen LogP contribution is -2.43. The summed E-state index contributed by atoms with van der Waals surface area (Å²) in [5.41, 5.74) is 6.74. The van der Waals surface area contributed by atoms with Gasteiger partial charge in [-0.05, 0) is 38.8 Å². The fraction of sp³-hybridized carbons (Fsp3) is 0.500. The number of piperidine rings is 1. The van der Waals surface area contributed by atoms with Crippen LogP contribution in [0.4, 0.5) is 17.6 Å². The first-order valence-electron chi connectivity index (χ1n) is 8.72. The Morgan fingerprint density at radius 3 is 2.68 bits per heavy atom. The fourth-order valence-corrected chi connectivity index (χ4v) is 3.34. The van der Waals surface area contributed by atoms with Crippen LogP contribution in [0, 0.1) is 0 Å². The van der Waals surface area contributed by atoms with E-state index in [9.17, 15) is 0 Å². The third-order valence-corrected chi connectivity index (χ3v) is 4.72. The molecule has 7 heteroatoms. The van der Waals surface area contributed by atoms with E-state index in [4.69, 9.17) is 10.5 Å². The van der Waals surface area contributed by atoms with Gasteiger partial charge in [0, 0.05) is 23.8 Å². The zero-order chi connectivity index (χ0) is 17.8. The average molecular weight is 342 g/mol. The number of nitrogen functional groups attached to an aromatic ring is 1. The molecule has 1 aromatic heterocycles. The molecular formula is C18H26N6O. The molecule has 2 heterocycles. The summed E-state index contributed by atoms with van der Waals surface area (Å²) in [5, 5.41) is 3.18. The predicted molar refractivity (Wildman–Crippen MR) is 98.8 cm³/mol. The number of nitrogens with two attached hydrogens (primary N) is 1. The highest BCUT2D eigenvalue weighted by atomic mass is 16.5. The van der Waals surface area contributed by atoms with Crippen molar-refractivity contribution < 1.29 is 4.74 Å². The second-order valence-corrected chi connectivity index (χ2v) is 6.59. The number of benzene rings is 1. The van der Waals surface area contributed by atoms with Gasteiger partial charge in [0.05, 0.1) is 13.7 Å². The second-order valence-electron chi connectivity index (χ2n) is 6.59. The molecule has 2 aromatic rings. The predicted octanol–water partition coefficient (Wildman–Crippen LogP) is 2.97. The molecule has 2 atom stereocenters. The Bertz CT molecular complexity index is 712. The highest BCUT2D eigenvalue weighted by Crippen LogP contribution is 2.24. The van der Waals surface area contributed by atoms with Crippen LogP contribution in [-0.4, -0.2) is 39.0 Å². The molecule has 0 aliphatic carbocycles. The Balaban J connectivity index is 1.78. The zero-order valence-electron chi connectivity index (χ0n) is 15.1. The molecule has 1 aromatic carbocycles. The molecule has 3 N–H and O–H groups in total. The number of hydrogen-bond donors (Lipinski definition) is 2. The number of nitrogens with zero attached hydrogens (tertiary/aromatic N) is 4. The van der Waals surface area contributed by atoms with E-state index < -0.39 is 0 Å². The fourth-order valence-electron chi connectivity index (χ4n) is 3.34. The molecule has 0 amide bonds. The lowest BCUT2D eigenvalue weighted by molar-refractivity contribution is 0.0922. The molecule has 0 bridgehead atoms. The van der Waals surface area contributed by atoms with Crippen molar-refractivity contribution in [2.24, 2.45) is 0 Å². The van der Waals surface area contributed by atoms with Crippen LogP contribution in [0.5, 0.6) is 5.75 Å². The van der Waals surface area contributed by atoms with E-state index in [1.165, 1.54) is 19.3 Å². The minimum Gasteiger partial charge on any atom is -0.497 e. The van der Waals surface area contributed by atoms with Crippen LogP contribution in [0.1, 0.15) is 38.9 Å². The number of hydrogen-bond acceptors (Lipinski definition) is 7. The van der Waals surface area contributed by atoms with Crippen molar-refractivity contribution in [3.63, 3.8) is 0 Å². The monoisotopic (exact) mass is 342 g/mol. The van der Waals surface area contributed by atoms with Gasteiger partial charge in [-0.2, -0.15) is 15.0 Å². The van der Waals surface area contributed by atoms with Crippen LogP contribution < -0.4 is 15.8 Å². The minimum atomic E-state index is 0.229. The number of aromatic nitrogens is 3. The SMILES string of the molecule is COc1cccc(Nc2nc(N)nc(CN3[C@H](C)CCC[C@@H]3C)n2)c1. The first-order chi connectivity index (χ1) is 12.0. The maximum atomic E-state index is 5.90. The lowest BCUT2D eigenvalue weighted by Gasteiger charge is -2.38. The second kappa shape index (κ2) is 7.65. The Kier molecular flexibility index (Phi) is 5.33. The molecule has 1 aliphatic rings. The largest absolute Gasteiger partial charge is 0.497 e. The summed E-state index contributed by atoms with van der Waals surface area (Å²) in [5.74, 6) is 2.14. The summed E-state index contributed by atoms with van der Waals surface area (Å²) in [6.07, 6.45) is 3.69. The van der Waals surface area contributed by atoms with Gasteiger partial charge in [0.25, 0.3) is 0 Å². The van der Waals surface area contributed by atoms with Crippen molar-refractivity contribution in [3.8, 4) is 5.75 Å². The average Bonchev–Trinajstić information content (AvgIpc) is 2.58. The molecule has 1 saturated heterocycles. The molecule has 1 aliphatic heterocycles. The van der Waals surface area contributed by atoms with Gasteiger partial charge in [-0.15, -0.1) is 0 Å². The molecule has 1 fully saturated rings.